The normalized spacial score (nSPS) is 10.2. The number of hydrogen-bond donors (Lipinski definition) is 1. The van der Waals surface area contributed by atoms with Crippen LogP contribution in [0.5, 0.6) is 0 Å². The van der Waals surface area contributed by atoms with Crippen LogP contribution in [-0.2, 0) is 4.79 Å². The number of carbonyl (C=O) groups is 1. The van der Waals surface area contributed by atoms with Crippen LogP contribution < -0.4 is 10.7 Å². The zero-order chi connectivity index (χ0) is 10.8. The van der Waals surface area contributed by atoms with E-state index in [1.54, 1.807) is 6.07 Å². The van der Waals surface area contributed by atoms with Gasteiger partial charge in [0.15, 0.2) is 5.43 Å². The van der Waals surface area contributed by atoms with Gasteiger partial charge < -0.3 is 5.32 Å². The summed E-state index contributed by atoms with van der Waals surface area (Å²) in [6.07, 6.45) is 0. The quantitative estimate of drug-likeness (QED) is 0.799. The van der Waals surface area contributed by atoms with Crippen molar-refractivity contribution in [3.63, 3.8) is 0 Å². The molecule has 0 bridgehead atoms. The van der Waals surface area contributed by atoms with Crippen LogP contribution in [0.3, 0.4) is 0 Å². The van der Waals surface area contributed by atoms with E-state index in [0.717, 1.165) is 4.70 Å². The molecule has 4 heteroatoms. The molecule has 0 saturated heterocycles. The van der Waals surface area contributed by atoms with E-state index in [4.69, 9.17) is 0 Å². The summed E-state index contributed by atoms with van der Waals surface area (Å²) in [5.41, 5.74) is -0.0619. The molecule has 2 rings (SSSR count). The third kappa shape index (κ3) is 2.05. The molecule has 0 atom stereocenters. The molecule has 2 aromatic rings. The summed E-state index contributed by atoms with van der Waals surface area (Å²) < 4.78 is 0.883. The van der Waals surface area contributed by atoms with Crippen molar-refractivity contribution in [1.82, 2.24) is 0 Å². The molecule has 3 nitrogen and oxygen atoms in total. The lowest BCUT2D eigenvalue weighted by molar-refractivity contribution is -0.114. The van der Waals surface area contributed by atoms with Crippen LogP contribution in [0, 0.1) is 0 Å². The van der Waals surface area contributed by atoms with Gasteiger partial charge >= 0.3 is 0 Å². The number of benzene rings is 1. The van der Waals surface area contributed by atoms with E-state index in [1.807, 2.05) is 18.2 Å². The molecule has 1 heterocycles. The van der Waals surface area contributed by atoms with Crippen LogP contribution in [-0.4, -0.2) is 5.91 Å². The first-order chi connectivity index (χ1) is 7.16. The minimum absolute atomic E-state index is 0.0619. The molecule has 0 aliphatic heterocycles. The van der Waals surface area contributed by atoms with Gasteiger partial charge in [0.1, 0.15) is 0 Å². The standard InChI is InChI=1S/C11H9NO2S/c1-7(13)12-11-6-9(14)8-4-2-3-5-10(8)15-11/h2-6H,1H3,(H,12,13). The van der Waals surface area contributed by atoms with E-state index in [0.29, 0.717) is 10.4 Å². The molecule has 0 spiro atoms. The van der Waals surface area contributed by atoms with Crippen molar-refractivity contribution in [3.05, 3.63) is 40.6 Å². The van der Waals surface area contributed by atoms with E-state index in [-0.39, 0.29) is 11.3 Å². The minimum atomic E-state index is -0.166. The summed E-state index contributed by atoms with van der Waals surface area (Å²) in [6, 6.07) is 8.80. The van der Waals surface area contributed by atoms with E-state index >= 15 is 0 Å². The average molecular weight is 219 g/mol. The molecule has 0 fully saturated rings. The van der Waals surface area contributed by atoms with Gasteiger partial charge in [0, 0.05) is 23.1 Å². The molecule has 1 N–H and O–H groups in total. The summed E-state index contributed by atoms with van der Waals surface area (Å²) in [6.45, 7) is 1.42. The number of nitrogens with one attached hydrogen (secondary N) is 1. The second kappa shape index (κ2) is 3.82. The summed E-state index contributed by atoms with van der Waals surface area (Å²) in [5, 5.41) is 3.90. The second-order valence-corrected chi connectivity index (χ2v) is 4.24. The fourth-order valence-electron chi connectivity index (χ4n) is 1.34. The van der Waals surface area contributed by atoms with Crippen molar-refractivity contribution in [2.24, 2.45) is 0 Å². The first-order valence-corrected chi connectivity index (χ1v) is 5.29. The van der Waals surface area contributed by atoms with Gasteiger partial charge in [0.2, 0.25) is 5.91 Å². The molecule has 0 aliphatic carbocycles. The highest BCUT2D eigenvalue weighted by Crippen LogP contribution is 2.22. The summed E-state index contributed by atoms with van der Waals surface area (Å²) in [7, 11) is 0. The summed E-state index contributed by atoms with van der Waals surface area (Å²) in [5.74, 6) is -0.166. The van der Waals surface area contributed by atoms with Crippen molar-refractivity contribution in [1.29, 1.82) is 0 Å². The van der Waals surface area contributed by atoms with Crippen LogP contribution in [0.4, 0.5) is 5.00 Å². The Morgan fingerprint density at radius 1 is 1.33 bits per heavy atom. The first kappa shape index (κ1) is 9.86. The lowest BCUT2D eigenvalue weighted by Gasteiger charge is -2.01. The first-order valence-electron chi connectivity index (χ1n) is 4.47. The van der Waals surface area contributed by atoms with E-state index in [1.165, 1.54) is 24.3 Å². The minimum Gasteiger partial charge on any atom is -0.318 e. The number of rotatable bonds is 1. The fourth-order valence-corrected chi connectivity index (χ4v) is 2.36. The van der Waals surface area contributed by atoms with Gasteiger partial charge in [-0.3, -0.25) is 9.59 Å². The third-order valence-corrected chi connectivity index (χ3v) is 2.95. The maximum absolute atomic E-state index is 11.6. The highest BCUT2D eigenvalue weighted by atomic mass is 32.1. The maximum atomic E-state index is 11.6. The van der Waals surface area contributed by atoms with Gasteiger partial charge in [-0.2, -0.15) is 0 Å². The molecule has 76 valence electrons. The molecule has 0 saturated carbocycles. The lowest BCUT2D eigenvalue weighted by atomic mass is 10.2. The van der Waals surface area contributed by atoms with Crippen molar-refractivity contribution >= 4 is 32.3 Å². The van der Waals surface area contributed by atoms with Crippen LogP contribution in [0.2, 0.25) is 0 Å². The predicted octanol–water partition coefficient (Wildman–Crippen LogP) is 2.22. The van der Waals surface area contributed by atoms with E-state index in [9.17, 15) is 9.59 Å². The lowest BCUT2D eigenvalue weighted by Crippen LogP contribution is -2.08. The Morgan fingerprint density at radius 2 is 2.07 bits per heavy atom. The zero-order valence-corrected chi connectivity index (χ0v) is 8.93. The number of fused-ring (bicyclic) bond motifs is 1. The molecule has 0 radical (unpaired) electrons. The molecule has 1 amide bonds. The number of hydrogen-bond acceptors (Lipinski definition) is 3. The predicted molar refractivity (Wildman–Crippen MR) is 62.4 cm³/mol. The fraction of sp³-hybridized carbons (Fsp3) is 0.0909. The zero-order valence-electron chi connectivity index (χ0n) is 8.11. The smallest absolute Gasteiger partial charge is 0.221 e. The van der Waals surface area contributed by atoms with Gasteiger partial charge in [0.25, 0.3) is 0 Å². The van der Waals surface area contributed by atoms with Crippen LogP contribution in [0.1, 0.15) is 6.92 Å². The third-order valence-electron chi connectivity index (χ3n) is 1.93. The Bertz CT molecular complexity index is 574. The Morgan fingerprint density at radius 3 is 2.80 bits per heavy atom. The number of carbonyl (C=O) groups excluding carboxylic acids is 1. The Balaban J connectivity index is 2.62. The molecule has 1 aromatic carbocycles. The summed E-state index contributed by atoms with van der Waals surface area (Å²) >= 11 is 1.40. The van der Waals surface area contributed by atoms with Gasteiger partial charge in [0.05, 0.1) is 5.00 Å². The monoisotopic (exact) mass is 219 g/mol. The van der Waals surface area contributed by atoms with Crippen molar-refractivity contribution in [3.8, 4) is 0 Å². The SMILES string of the molecule is CC(=O)Nc1cc(=O)c2ccccc2s1. The molecule has 1 aromatic heterocycles. The highest BCUT2D eigenvalue weighted by Gasteiger charge is 2.02. The highest BCUT2D eigenvalue weighted by molar-refractivity contribution is 7.22. The molecular weight excluding hydrogens is 210 g/mol. The topological polar surface area (TPSA) is 46.2 Å². The van der Waals surface area contributed by atoms with Gasteiger partial charge in [-0.15, -0.1) is 11.3 Å². The number of amides is 1. The second-order valence-electron chi connectivity index (χ2n) is 3.15. The number of anilines is 1. The maximum Gasteiger partial charge on any atom is 0.221 e. The molecule has 15 heavy (non-hydrogen) atoms. The van der Waals surface area contributed by atoms with E-state index < -0.39 is 0 Å². The average Bonchev–Trinajstić information content (AvgIpc) is 2.16. The van der Waals surface area contributed by atoms with Crippen molar-refractivity contribution in [2.45, 2.75) is 6.92 Å². The van der Waals surface area contributed by atoms with Crippen molar-refractivity contribution < 1.29 is 4.79 Å². The Hall–Kier alpha value is -1.68. The largest absolute Gasteiger partial charge is 0.318 e. The molecular formula is C11H9NO2S. The summed E-state index contributed by atoms with van der Waals surface area (Å²) in [4.78, 5) is 22.5. The molecule has 0 aliphatic rings. The Kier molecular flexibility index (Phi) is 2.51. The molecule has 0 unspecified atom stereocenters. The van der Waals surface area contributed by atoms with Gasteiger partial charge in [-0.25, -0.2) is 0 Å². The van der Waals surface area contributed by atoms with Crippen LogP contribution >= 0.6 is 11.3 Å². The van der Waals surface area contributed by atoms with Crippen molar-refractivity contribution in [2.75, 3.05) is 5.32 Å². The van der Waals surface area contributed by atoms with Gasteiger partial charge in [-0.05, 0) is 12.1 Å². The van der Waals surface area contributed by atoms with Crippen LogP contribution in [0.15, 0.2) is 35.1 Å². The van der Waals surface area contributed by atoms with Gasteiger partial charge in [-0.1, -0.05) is 12.1 Å². The Labute approximate surface area is 90.4 Å². The van der Waals surface area contributed by atoms with Crippen LogP contribution in [0.25, 0.3) is 10.1 Å². The van der Waals surface area contributed by atoms with E-state index in [2.05, 4.69) is 5.32 Å².